The molecule has 1 nitrogen and oxygen atoms in total. The van der Waals surface area contributed by atoms with Crippen LogP contribution in [0.5, 0.6) is 0 Å². The first-order valence-corrected chi connectivity index (χ1v) is 6.79. The van der Waals surface area contributed by atoms with Gasteiger partial charge < -0.3 is 17.0 Å². The summed E-state index contributed by atoms with van der Waals surface area (Å²) in [6.07, 6.45) is 8.99. The Hall–Kier alpha value is -0.600. The van der Waals surface area contributed by atoms with Crippen LogP contribution in [0.4, 0.5) is 5.69 Å². The summed E-state index contributed by atoms with van der Waals surface area (Å²) >= 11 is 0. The number of nitrogens with zero attached hydrogens (tertiary/aromatic N) is 1. The smallest absolute Gasteiger partial charge is 0.133 e. The molecule has 0 aliphatic heterocycles. The van der Waals surface area contributed by atoms with Crippen LogP contribution >= 0.6 is 0 Å². The Kier molecular flexibility index (Phi) is 6.10. The lowest BCUT2D eigenvalue weighted by Crippen LogP contribution is -3.00. The molecule has 2 heteroatoms. The highest BCUT2D eigenvalue weighted by Crippen LogP contribution is 2.32. The zero-order valence-electron chi connectivity index (χ0n) is 11.3. The molecule has 1 aromatic carbocycles. The number of halogens is 1. The summed E-state index contributed by atoms with van der Waals surface area (Å²) in [4.78, 5) is 0. The van der Waals surface area contributed by atoms with Gasteiger partial charge in [-0.25, -0.2) is 0 Å². The van der Waals surface area contributed by atoms with E-state index in [1.807, 2.05) is 0 Å². The Balaban J connectivity index is 0.00000162. The van der Waals surface area contributed by atoms with Crippen molar-refractivity contribution in [2.45, 2.75) is 38.1 Å². The van der Waals surface area contributed by atoms with Crippen molar-refractivity contribution in [3.8, 4) is 0 Å². The van der Waals surface area contributed by atoms with Gasteiger partial charge in [-0.3, -0.25) is 4.48 Å². The van der Waals surface area contributed by atoms with Gasteiger partial charge in [-0.15, -0.1) is 0 Å². The van der Waals surface area contributed by atoms with Crippen LogP contribution in [0.25, 0.3) is 0 Å². The second kappa shape index (κ2) is 7.10. The summed E-state index contributed by atoms with van der Waals surface area (Å²) < 4.78 is 1.03. The SMILES string of the molecule is C=CC[N+](C)(c1ccccc1)C1CCCCC1.[Br-]. The maximum absolute atomic E-state index is 3.95. The molecule has 0 amide bonds. The van der Waals surface area contributed by atoms with Crippen molar-refractivity contribution in [3.63, 3.8) is 0 Å². The minimum atomic E-state index is 0. The van der Waals surface area contributed by atoms with Crippen LogP contribution in [0, 0.1) is 0 Å². The molecule has 0 spiro atoms. The van der Waals surface area contributed by atoms with Crippen molar-refractivity contribution in [1.82, 2.24) is 4.48 Å². The summed E-state index contributed by atoms with van der Waals surface area (Å²) in [7, 11) is 2.37. The molecule has 1 aromatic rings. The van der Waals surface area contributed by atoms with Gasteiger partial charge in [-0.1, -0.05) is 31.2 Å². The molecule has 100 valence electrons. The van der Waals surface area contributed by atoms with E-state index in [0.29, 0.717) is 0 Å². The van der Waals surface area contributed by atoms with E-state index in [9.17, 15) is 0 Å². The fourth-order valence-electron chi connectivity index (χ4n) is 3.15. The number of quaternary nitrogens is 1. The van der Waals surface area contributed by atoms with Gasteiger partial charge in [0.1, 0.15) is 12.2 Å². The third-order valence-electron chi connectivity index (χ3n) is 4.24. The van der Waals surface area contributed by atoms with Crippen molar-refractivity contribution in [3.05, 3.63) is 43.0 Å². The van der Waals surface area contributed by atoms with Crippen LogP contribution in [0.3, 0.4) is 0 Å². The molecule has 1 aliphatic rings. The normalized spacial score (nSPS) is 19.6. The maximum Gasteiger partial charge on any atom is 0.133 e. The lowest BCUT2D eigenvalue weighted by Gasteiger charge is -2.42. The number of hydrogen-bond acceptors (Lipinski definition) is 0. The van der Waals surface area contributed by atoms with Crippen molar-refractivity contribution in [2.75, 3.05) is 13.6 Å². The molecular weight excluding hydrogens is 286 g/mol. The van der Waals surface area contributed by atoms with E-state index in [0.717, 1.165) is 17.1 Å². The number of para-hydroxylation sites is 1. The van der Waals surface area contributed by atoms with Crippen LogP contribution in [-0.4, -0.2) is 19.6 Å². The number of likely N-dealkylation sites (N-methyl/N-ethyl adjacent to an activating group) is 1. The van der Waals surface area contributed by atoms with Gasteiger partial charge in [-0.2, -0.15) is 0 Å². The Morgan fingerprint density at radius 1 is 1.17 bits per heavy atom. The minimum Gasteiger partial charge on any atom is -1.00 e. The fourth-order valence-corrected chi connectivity index (χ4v) is 3.15. The molecule has 0 saturated heterocycles. The summed E-state index contributed by atoms with van der Waals surface area (Å²) in [5, 5.41) is 0. The molecule has 1 saturated carbocycles. The molecule has 2 rings (SSSR count). The highest BCUT2D eigenvalue weighted by atomic mass is 79.9. The quantitative estimate of drug-likeness (QED) is 0.578. The largest absolute Gasteiger partial charge is 1.00 e. The molecule has 0 N–H and O–H groups in total. The molecule has 1 fully saturated rings. The summed E-state index contributed by atoms with van der Waals surface area (Å²) in [6.45, 7) is 4.99. The van der Waals surface area contributed by atoms with E-state index >= 15 is 0 Å². The Morgan fingerprint density at radius 3 is 2.33 bits per heavy atom. The Morgan fingerprint density at radius 2 is 1.78 bits per heavy atom. The van der Waals surface area contributed by atoms with E-state index in [2.05, 4.69) is 50.0 Å². The second-order valence-corrected chi connectivity index (χ2v) is 5.37. The van der Waals surface area contributed by atoms with Gasteiger partial charge in [0.2, 0.25) is 0 Å². The fraction of sp³-hybridized carbons (Fsp3) is 0.500. The number of rotatable bonds is 4. The lowest BCUT2D eigenvalue weighted by atomic mass is 9.92. The summed E-state index contributed by atoms with van der Waals surface area (Å²) in [6, 6.07) is 11.7. The molecule has 0 radical (unpaired) electrons. The molecule has 1 unspecified atom stereocenters. The van der Waals surface area contributed by atoms with E-state index in [4.69, 9.17) is 0 Å². The lowest BCUT2D eigenvalue weighted by molar-refractivity contribution is -0.00000357. The first-order valence-electron chi connectivity index (χ1n) is 6.79. The van der Waals surface area contributed by atoms with Gasteiger partial charge in [0.05, 0.1) is 13.1 Å². The topological polar surface area (TPSA) is 0 Å². The minimum absolute atomic E-state index is 0. The van der Waals surface area contributed by atoms with Gasteiger partial charge in [0.25, 0.3) is 0 Å². The zero-order valence-corrected chi connectivity index (χ0v) is 12.9. The predicted molar refractivity (Wildman–Crippen MR) is 76.1 cm³/mol. The standard InChI is InChI=1S/C16H24N.BrH/c1-3-14-17(2,15-10-6-4-7-11-15)16-12-8-5-9-13-16;/h3-4,6-7,10-11,16H,1,5,8-9,12-14H2,2H3;1H/q+1;/p-1. The molecule has 0 heterocycles. The van der Waals surface area contributed by atoms with Crippen LogP contribution in [0.15, 0.2) is 43.0 Å². The van der Waals surface area contributed by atoms with Crippen molar-refractivity contribution < 1.29 is 17.0 Å². The van der Waals surface area contributed by atoms with Gasteiger partial charge in [0.15, 0.2) is 0 Å². The molecular formula is C16H24BrN. The number of hydrogen-bond donors (Lipinski definition) is 0. The van der Waals surface area contributed by atoms with E-state index in [-0.39, 0.29) is 17.0 Å². The predicted octanol–water partition coefficient (Wildman–Crippen LogP) is 1.15. The average Bonchev–Trinajstić information content (AvgIpc) is 2.41. The monoisotopic (exact) mass is 309 g/mol. The first-order chi connectivity index (χ1) is 8.27. The van der Waals surface area contributed by atoms with Crippen molar-refractivity contribution in [1.29, 1.82) is 0 Å². The average molecular weight is 310 g/mol. The Labute approximate surface area is 122 Å². The van der Waals surface area contributed by atoms with E-state index in [1.165, 1.54) is 37.8 Å². The Bertz CT molecular complexity index is 357. The third kappa shape index (κ3) is 3.24. The van der Waals surface area contributed by atoms with Crippen LogP contribution < -0.4 is 21.5 Å². The van der Waals surface area contributed by atoms with Crippen molar-refractivity contribution in [2.24, 2.45) is 0 Å². The summed E-state index contributed by atoms with van der Waals surface area (Å²) in [5.41, 5.74) is 1.43. The summed E-state index contributed by atoms with van der Waals surface area (Å²) in [5.74, 6) is 0. The number of benzene rings is 1. The van der Waals surface area contributed by atoms with Gasteiger partial charge in [-0.05, 0) is 43.9 Å². The maximum atomic E-state index is 3.95. The zero-order chi connectivity index (χ0) is 12.1. The van der Waals surface area contributed by atoms with Gasteiger partial charge >= 0.3 is 0 Å². The van der Waals surface area contributed by atoms with Crippen LogP contribution in [0.1, 0.15) is 32.1 Å². The highest BCUT2D eigenvalue weighted by molar-refractivity contribution is 5.43. The molecule has 1 atom stereocenters. The van der Waals surface area contributed by atoms with Crippen LogP contribution in [0.2, 0.25) is 0 Å². The highest BCUT2D eigenvalue weighted by Gasteiger charge is 2.34. The van der Waals surface area contributed by atoms with Gasteiger partial charge in [0, 0.05) is 0 Å². The molecule has 0 aromatic heterocycles. The van der Waals surface area contributed by atoms with E-state index in [1.54, 1.807) is 0 Å². The van der Waals surface area contributed by atoms with Crippen molar-refractivity contribution >= 4 is 5.69 Å². The molecule has 1 aliphatic carbocycles. The second-order valence-electron chi connectivity index (χ2n) is 5.37. The molecule has 18 heavy (non-hydrogen) atoms. The first kappa shape index (κ1) is 15.5. The third-order valence-corrected chi connectivity index (χ3v) is 4.24. The molecule has 0 bridgehead atoms. The van der Waals surface area contributed by atoms with Crippen LogP contribution in [-0.2, 0) is 0 Å². The van der Waals surface area contributed by atoms with E-state index < -0.39 is 0 Å².